The standard InChI is InChI=1S/C18H23NO3/c1-3-4-5-8-14-11-15(20)16(17(19-22)18(14)21)13-9-6-7-12(2)10-13/h10-11,13H,3-9H2,1-2H3. The molecule has 0 aromatic heterocycles. The molecule has 2 rings (SSSR count). The quantitative estimate of drug-likeness (QED) is 0.316. The van der Waals surface area contributed by atoms with Crippen LogP contribution in [0.2, 0.25) is 0 Å². The van der Waals surface area contributed by atoms with Crippen LogP contribution in [0.5, 0.6) is 0 Å². The minimum atomic E-state index is -0.350. The van der Waals surface area contributed by atoms with E-state index in [2.05, 4.69) is 12.1 Å². The van der Waals surface area contributed by atoms with Crippen LogP contribution in [-0.2, 0) is 9.59 Å². The van der Waals surface area contributed by atoms with E-state index < -0.39 is 0 Å². The van der Waals surface area contributed by atoms with Crippen LogP contribution in [0.1, 0.15) is 58.8 Å². The van der Waals surface area contributed by atoms with E-state index in [4.69, 9.17) is 0 Å². The molecule has 0 bridgehead atoms. The highest BCUT2D eigenvalue weighted by Crippen LogP contribution is 2.34. The van der Waals surface area contributed by atoms with Crippen molar-refractivity contribution in [3.8, 4) is 0 Å². The van der Waals surface area contributed by atoms with Crippen molar-refractivity contribution in [2.45, 2.75) is 58.8 Å². The van der Waals surface area contributed by atoms with E-state index in [1.807, 2.05) is 13.0 Å². The molecule has 22 heavy (non-hydrogen) atoms. The van der Waals surface area contributed by atoms with E-state index in [0.717, 1.165) is 38.5 Å². The highest BCUT2D eigenvalue weighted by atomic mass is 16.3. The second kappa shape index (κ2) is 7.43. The van der Waals surface area contributed by atoms with E-state index in [0.29, 0.717) is 17.6 Å². The van der Waals surface area contributed by atoms with E-state index in [-0.39, 0.29) is 23.2 Å². The Kier molecular flexibility index (Phi) is 5.58. The minimum Gasteiger partial charge on any atom is -0.290 e. The number of nitrogens with zero attached hydrogens (tertiary/aromatic N) is 1. The van der Waals surface area contributed by atoms with Gasteiger partial charge in [0, 0.05) is 17.1 Å². The Morgan fingerprint density at radius 1 is 1.27 bits per heavy atom. The van der Waals surface area contributed by atoms with Crippen molar-refractivity contribution >= 4 is 11.6 Å². The van der Waals surface area contributed by atoms with Crippen molar-refractivity contribution < 1.29 is 9.59 Å². The molecule has 0 aromatic rings. The summed E-state index contributed by atoms with van der Waals surface area (Å²) in [5.41, 5.74) is 1.79. The third-order valence-corrected chi connectivity index (χ3v) is 4.42. The average Bonchev–Trinajstić information content (AvgIpc) is 2.50. The smallest absolute Gasteiger partial charge is 0.211 e. The summed E-state index contributed by atoms with van der Waals surface area (Å²) in [6.45, 7) is 4.10. The van der Waals surface area contributed by atoms with E-state index in [1.54, 1.807) is 0 Å². The number of carbonyl (C=O) groups is 2. The SMILES string of the molecule is CCCCCC1=CC(=O)C(C2C=C(C)CCC2)=C(N=O)C1=O. The van der Waals surface area contributed by atoms with Gasteiger partial charge < -0.3 is 0 Å². The molecule has 0 spiro atoms. The number of unbranched alkanes of at least 4 members (excludes halogenated alkanes) is 2. The molecular formula is C18H23NO3. The van der Waals surface area contributed by atoms with Crippen LogP contribution in [-0.4, -0.2) is 11.6 Å². The van der Waals surface area contributed by atoms with Gasteiger partial charge in [-0.1, -0.05) is 31.4 Å². The zero-order chi connectivity index (χ0) is 16.1. The summed E-state index contributed by atoms with van der Waals surface area (Å²) in [5.74, 6) is -0.708. The van der Waals surface area contributed by atoms with Crippen LogP contribution < -0.4 is 0 Å². The van der Waals surface area contributed by atoms with E-state index in [9.17, 15) is 14.5 Å². The van der Waals surface area contributed by atoms with Crippen molar-refractivity contribution in [1.82, 2.24) is 0 Å². The number of hydrogen-bond acceptors (Lipinski definition) is 4. The minimum absolute atomic E-state index is 0.147. The Morgan fingerprint density at radius 3 is 2.68 bits per heavy atom. The molecule has 0 fully saturated rings. The van der Waals surface area contributed by atoms with Gasteiger partial charge in [-0.15, -0.1) is 4.91 Å². The zero-order valence-corrected chi connectivity index (χ0v) is 13.4. The van der Waals surface area contributed by atoms with Gasteiger partial charge in [-0.05, 0) is 50.3 Å². The summed E-state index contributed by atoms with van der Waals surface area (Å²) in [5, 5.41) is 2.93. The molecule has 1 unspecified atom stereocenters. The Bertz CT molecular complexity index is 581. The number of ketones is 2. The van der Waals surface area contributed by atoms with Crippen molar-refractivity contribution in [3.05, 3.63) is 39.5 Å². The van der Waals surface area contributed by atoms with Crippen LogP contribution in [0.3, 0.4) is 0 Å². The monoisotopic (exact) mass is 301 g/mol. The fourth-order valence-corrected chi connectivity index (χ4v) is 3.23. The summed E-state index contributed by atoms with van der Waals surface area (Å²) < 4.78 is 0. The Morgan fingerprint density at radius 2 is 2.05 bits per heavy atom. The van der Waals surface area contributed by atoms with Gasteiger partial charge in [0.25, 0.3) is 0 Å². The predicted octanol–water partition coefficient (Wildman–Crippen LogP) is 4.41. The summed E-state index contributed by atoms with van der Waals surface area (Å²) >= 11 is 0. The van der Waals surface area contributed by atoms with Crippen molar-refractivity contribution in [3.63, 3.8) is 0 Å². The Labute approximate surface area is 131 Å². The summed E-state index contributed by atoms with van der Waals surface area (Å²) in [7, 11) is 0. The van der Waals surface area contributed by atoms with Gasteiger partial charge in [-0.25, -0.2) is 0 Å². The lowest BCUT2D eigenvalue weighted by Crippen LogP contribution is -2.24. The number of nitroso groups, excluding NO2 is 1. The van der Waals surface area contributed by atoms with Gasteiger partial charge in [0.2, 0.25) is 5.78 Å². The third-order valence-electron chi connectivity index (χ3n) is 4.42. The molecule has 0 saturated carbocycles. The highest BCUT2D eigenvalue weighted by molar-refractivity contribution is 6.22. The van der Waals surface area contributed by atoms with Crippen molar-refractivity contribution in [2.24, 2.45) is 11.1 Å². The molecule has 0 radical (unpaired) electrons. The lowest BCUT2D eigenvalue weighted by Gasteiger charge is -2.24. The molecule has 2 aliphatic rings. The zero-order valence-electron chi connectivity index (χ0n) is 13.4. The first-order valence-corrected chi connectivity index (χ1v) is 8.12. The summed E-state index contributed by atoms with van der Waals surface area (Å²) in [6.07, 6.45) is 9.65. The summed E-state index contributed by atoms with van der Waals surface area (Å²) in [4.78, 5) is 36.1. The van der Waals surface area contributed by atoms with Crippen LogP contribution >= 0.6 is 0 Å². The second-order valence-corrected chi connectivity index (χ2v) is 6.19. The van der Waals surface area contributed by atoms with Gasteiger partial charge in [0.15, 0.2) is 11.5 Å². The number of hydrogen-bond donors (Lipinski definition) is 0. The van der Waals surface area contributed by atoms with Crippen LogP contribution in [0.15, 0.2) is 39.7 Å². The van der Waals surface area contributed by atoms with Crippen molar-refractivity contribution in [2.75, 3.05) is 0 Å². The molecule has 2 aliphatic carbocycles. The second-order valence-electron chi connectivity index (χ2n) is 6.19. The lowest BCUT2D eigenvalue weighted by molar-refractivity contribution is -0.116. The van der Waals surface area contributed by atoms with Gasteiger partial charge in [0.1, 0.15) is 0 Å². The molecule has 0 amide bonds. The molecule has 0 aliphatic heterocycles. The molecule has 118 valence electrons. The van der Waals surface area contributed by atoms with Gasteiger partial charge in [-0.2, -0.15) is 0 Å². The predicted molar refractivity (Wildman–Crippen MR) is 86.2 cm³/mol. The third kappa shape index (κ3) is 3.49. The van der Waals surface area contributed by atoms with Crippen LogP contribution in [0.25, 0.3) is 0 Å². The van der Waals surface area contributed by atoms with Gasteiger partial charge in [-0.3, -0.25) is 9.59 Å². The average molecular weight is 301 g/mol. The Hall–Kier alpha value is -1.84. The number of Topliss-reactive ketones (excluding diaryl/α,β-unsaturated/α-hetero) is 1. The first-order chi connectivity index (χ1) is 10.6. The maximum absolute atomic E-state index is 12.4. The topological polar surface area (TPSA) is 63.6 Å². The first-order valence-electron chi connectivity index (χ1n) is 8.12. The molecule has 4 nitrogen and oxygen atoms in total. The molecule has 0 N–H and O–H groups in total. The molecule has 1 atom stereocenters. The molecular weight excluding hydrogens is 278 g/mol. The lowest BCUT2D eigenvalue weighted by atomic mass is 9.79. The van der Waals surface area contributed by atoms with Crippen LogP contribution in [0.4, 0.5) is 0 Å². The molecule has 4 heteroatoms. The normalized spacial score (nSPS) is 22.5. The number of rotatable bonds is 6. The Balaban J connectivity index is 2.28. The summed E-state index contributed by atoms with van der Waals surface area (Å²) in [6, 6.07) is 0. The van der Waals surface area contributed by atoms with Gasteiger partial charge >= 0.3 is 0 Å². The molecule has 0 aromatic carbocycles. The number of allylic oxidation sites excluding steroid dienone is 5. The van der Waals surface area contributed by atoms with Crippen LogP contribution in [0, 0.1) is 10.8 Å². The maximum atomic E-state index is 12.4. The molecule has 0 heterocycles. The fraction of sp³-hybridized carbons (Fsp3) is 0.556. The van der Waals surface area contributed by atoms with Crippen molar-refractivity contribution in [1.29, 1.82) is 0 Å². The van der Waals surface area contributed by atoms with Gasteiger partial charge in [0.05, 0.1) is 0 Å². The van der Waals surface area contributed by atoms with E-state index in [1.165, 1.54) is 11.6 Å². The highest BCUT2D eigenvalue weighted by Gasteiger charge is 2.33. The molecule has 0 saturated heterocycles. The largest absolute Gasteiger partial charge is 0.290 e. The number of carbonyl (C=O) groups excluding carboxylic acids is 2. The van der Waals surface area contributed by atoms with E-state index >= 15 is 0 Å². The first kappa shape index (κ1) is 16.5. The fourth-order valence-electron chi connectivity index (χ4n) is 3.23. The maximum Gasteiger partial charge on any atom is 0.211 e.